The standard InChI is InChI=1S/2C19H28O.CH3.Al/c2*1-14-12-17(15-8-4-2-5-9-15)19(20)18(13-14)16-10-6-3-7-11-16;;/h2*12-13,15-16,20H,2-11H2,1H3;1H3;/q;;;+2/p-2. The van der Waals surface area contributed by atoms with Crippen LogP contribution in [0.2, 0.25) is 5.79 Å². The Morgan fingerprint density at radius 1 is 0.429 bits per heavy atom. The van der Waals surface area contributed by atoms with Crippen LogP contribution in [0.25, 0.3) is 0 Å². The molecule has 4 aliphatic rings. The summed E-state index contributed by atoms with van der Waals surface area (Å²) < 4.78 is 14.5. The van der Waals surface area contributed by atoms with Crippen LogP contribution in [0.1, 0.15) is 185 Å². The fraction of sp³-hybridized carbons (Fsp3) is 0.692. The number of benzene rings is 2. The first-order valence-corrected chi connectivity index (χ1v) is 20.3. The highest BCUT2D eigenvalue weighted by atomic mass is 27.2. The smallest absolute Gasteiger partial charge is 0.611 e. The van der Waals surface area contributed by atoms with Gasteiger partial charge in [-0.2, -0.15) is 0 Å². The minimum atomic E-state index is -2.02. The lowest BCUT2D eigenvalue weighted by molar-refractivity contribution is 0.376. The molecule has 6 rings (SSSR count). The van der Waals surface area contributed by atoms with Gasteiger partial charge in [0.15, 0.2) is 0 Å². The molecule has 0 atom stereocenters. The van der Waals surface area contributed by atoms with E-state index in [4.69, 9.17) is 7.58 Å². The molecule has 0 saturated heterocycles. The summed E-state index contributed by atoms with van der Waals surface area (Å²) in [5.41, 5.74) is 8.92. The zero-order chi connectivity index (χ0) is 28.9. The van der Waals surface area contributed by atoms with Crippen molar-refractivity contribution in [3.63, 3.8) is 0 Å². The van der Waals surface area contributed by atoms with Crippen LogP contribution in [0.5, 0.6) is 11.5 Å². The second kappa shape index (κ2) is 14.6. The lowest BCUT2D eigenvalue weighted by Gasteiger charge is -2.33. The van der Waals surface area contributed by atoms with Gasteiger partial charge in [0.1, 0.15) is 0 Å². The molecule has 0 heterocycles. The van der Waals surface area contributed by atoms with Crippen molar-refractivity contribution in [1.29, 1.82) is 0 Å². The number of hydrogen-bond donors (Lipinski definition) is 0. The van der Waals surface area contributed by atoms with Gasteiger partial charge in [-0.15, -0.1) is 0 Å². The van der Waals surface area contributed by atoms with E-state index in [2.05, 4.69) is 43.9 Å². The largest absolute Gasteiger partial charge is 0.853 e. The molecule has 2 aromatic rings. The van der Waals surface area contributed by atoms with Crippen LogP contribution < -0.4 is 7.58 Å². The second-order valence-electron chi connectivity index (χ2n) is 14.7. The summed E-state index contributed by atoms with van der Waals surface area (Å²) >= 11 is -2.02. The fourth-order valence-electron chi connectivity index (χ4n) is 9.16. The molecule has 3 heteroatoms. The van der Waals surface area contributed by atoms with E-state index in [9.17, 15) is 0 Å². The lowest BCUT2D eigenvalue weighted by Crippen LogP contribution is -2.29. The third kappa shape index (κ3) is 7.27. The van der Waals surface area contributed by atoms with Crippen molar-refractivity contribution in [3.05, 3.63) is 57.6 Å². The molecule has 0 bridgehead atoms. The summed E-state index contributed by atoms with van der Waals surface area (Å²) in [6.45, 7) is 4.64. The minimum absolute atomic E-state index is 0.646. The average Bonchev–Trinajstić information content (AvgIpc) is 3.04. The molecule has 0 amide bonds. The Labute approximate surface area is 262 Å². The predicted molar refractivity (Wildman–Crippen MR) is 179 cm³/mol. The molecule has 4 aliphatic carbocycles. The molecule has 0 unspecified atom stereocenters. The highest BCUT2D eigenvalue weighted by Gasteiger charge is 2.35. The van der Waals surface area contributed by atoms with Gasteiger partial charge in [0.25, 0.3) is 0 Å². The van der Waals surface area contributed by atoms with E-state index >= 15 is 0 Å². The maximum atomic E-state index is 7.27. The average molecular weight is 585 g/mol. The first-order chi connectivity index (χ1) is 20.6. The van der Waals surface area contributed by atoms with Gasteiger partial charge in [0.05, 0.1) is 11.5 Å². The van der Waals surface area contributed by atoms with Gasteiger partial charge < -0.3 is 7.58 Å². The van der Waals surface area contributed by atoms with E-state index in [0.717, 1.165) is 0 Å². The Balaban J connectivity index is 1.35. The van der Waals surface area contributed by atoms with Crippen LogP contribution in [0.4, 0.5) is 0 Å². The summed E-state index contributed by atoms with van der Waals surface area (Å²) in [5, 5.41) is 0. The van der Waals surface area contributed by atoms with Gasteiger partial charge in [0, 0.05) is 0 Å². The molecule has 0 aliphatic heterocycles. The third-order valence-corrected chi connectivity index (χ3v) is 12.5. The quantitative estimate of drug-likeness (QED) is 0.287. The van der Waals surface area contributed by atoms with E-state index in [-0.39, 0.29) is 0 Å². The van der Waals surface area contributed by atoms with Gasteiger partial charge >= 0.3 is 14.8 Å². The summed E-state index contributed by atoms with van der Waals surface area (Å²) in [4.78, 5) is 0. The second-order valence-corrected chi connectivity index (χ2v) is 16.3. The summed E-state index contributed by atoms with van der Waals surface area (Å²) in [6, 6.07) is 9.97. The molecule has 0 N–H and O–H groups in total. The molecule has 0 aromatic heterocycles. The van der Waals surface area contributed by atoms with Crippen LogP contribution in [0.3, 0.4) is 0 Å². The molecule has 2 nitrogen and oxygen atoms in total. The predicted octanol–water partition coefficient (Wildman–Crippen LogP) is 12.1. The van der Waals surface area contributed by atoms with Crippen LogP contribution in [-0.2, 0) is 0 Å². The Morgan fingerprint density at radius 2 is 0.667 bits per heavy atom. The lowest BCUT2D eigenvalue weighted by atomic mass is 9.78. The van der Waals surface area contributed by atoms with Crippen molar-refractivity contribution >= 4 is 14.8 Å². The molecule has 0 spiro atoms. The Morgan fingerprint density at radius 3 is 0.905 bits per heavy atom. The SMILES string of the molecule is Cc1cc(C2CCCCC2)c([O][Al]([CH3])[O]c2c(C3CCCCC3)cc(C)cc2C2CCCCC2)c(C2CCCCC2)c1. The molecular weight excluding hydrogens is 527 g/mol. The van der Waals surface area contributed by atoms with Crippen molar-refractivity contribution < 1.29 is 7.58 Å². The molecule has 228 valence electrons. The van der Waals surface area contributed by atoms with Crippen molar-refractivity contribution in [1.82, 2.24) is 0 Å². The molecule has 4 saturated carbocycles. The normalized spacial score (nSPS) is 21.8. The van der Waals surface area contributed by atoms with Crippen LogP contribution in [0, 0.1) is 13.8 Å². The minimum Gasteiger partial charge on any atom is -0.611 e. The van der Waals surface area contributed by atoms with Crippen LogP contribution in [-0.4, -0.2) is 14.8 Å². The monoisotopic (exact) mass is 584 g/mol. The van der Waals surface area contributed by atoms with Crippen LogP contribution >= 0.6 is 0 Å². The molecule has 0 radical (unpaired) electrons. The maximum Gasteiger partial charge on any atom is 0.853 e. The Hall–Kier alpha value is -1.43. The van der Waals surface area contributed by atoms with Gasteiger partial charge in [0.2, 0.25) is 0 Å². The van der Waals surface area contributed by atoms with E-state index in [1.165, 1.54) is 173 Å². The Bertz CT molecular complexity index is 993. The highest BCUT2D eigenvalue weighted by Crippen LogP contribution is 2.47. The van der Waals surface area contributed by atoms with Crippen LogP contribution in [0.15, 0.2) is 24.3 Å². The maximum absolute atomic E-state index is 7.27. The van der Waals surface area contributed by atoms with Crippen molar-refractivity contribution in [2.45, 2.75) is 172 Å². The number of aryl methyl sites for hydroxylation is 2. The van der Waals surface area contributed by atoms with Crippen molar-refractivity contribution in [3.8, 4) is 11.5 Å². The van der Waals surface area contributed by atoms with Gasteiger partial charge in [-0.25, -0.2) is 0 Å². The number of hydrogen-bond acceptors (Lipinski definition) is 2. The third-order valence-electron chi connectivity index (χ3n) is 11.3. The van der Waals surface area contributed by atoms with E-state index in [1.54, 1.807) is 0 Å². The summed E-state index contributed by atoms with van der Waals surface area (Å²) in [7, 11) is 0. The van der Waals surface area contributed by atoms with E-state index < -0.39 is 14.8 Å². The van der Waals surface area contributed by atoms with E-state index in [1.807, 2.05) is 0 Å². The first kappa shape index (κ1) is 30.6. The van der Waals surface area contributed by atoms with Crippen molar-refractivity contribution in [2.24, 2.45) is 0 Å². The zero-order valence-electron chi connectivity index (χ0n) is 27.2. The number of rotatable bonds is 8. The molecule has 2 aromatic carbocycles. The topological polar surface area (TPSA) is 18.5 Å². The summed E-state index contributed by atoms with van der Waals surface area (Å²) in [5.74, 6) is 7.41. The van der Waals surface area contributed by atoms with Gasteiger partial charge in [-0.3, -0.25) is 0 Å². The van der Waals surface area contributed by atoms with Crippen molar-refractivity contribution in [2.75, 3.05) is 0 Å². The molecule has 4 fully saturated rings. The van der Waals surface area contributed by atoms with Gasteiger partial charge in [-0.1, -0.05) is 112 Å². The zero-order valence-corrected chi connectivity index (χ0v) is 28.3. The fourth-order valence-corrected chi connectivity index (χ4v) is 10.4. The van der Waals surface area contributed by atoms with E-state index in [0.29, 0.717) is 23.7 Å². The van der Waals surface area contributed by atoms with Gasteiger partial charge in [-0.05, 0) is 117 Å². The Kier molecular flexibility index (Phi) is 10.6. The summed E-state index contributed by atoms with van der Waals surface area (Å²) in [6.07, 6.45) is 27.0. The molecular formula is C39H57AlO2. The highest BCUT2D eigenvalue weighted by molar-refractivity contribution is 6.44. The first-order valence-electron chi connectivity index (χ1n) is 18.2. The molecule has 42 heavy (non-hydrogen) atoms.